The van der Waals surface area contributed by atoms with Crippen LogP contribution in [0.4, 0.5) is 0 Å². The molecule has 1 fully saturated rings. The lowest BCUT2D eigenvalue weighted by Gasteiger charge is -2.26. The smallest absolute Gasteiger partial charge is 0.308 e. The highest BCUT2D eigenvalue weighted by Crippen LogP contribution is 2.31. The van der Waals surface area contributed by atoms with Gasteiger partial charge in [-0.2, -0.15) is 0 Å². The fraction of sp³-hybridized carbons (Fsp3) is 0.500. The van der Waals surface area contributed by atoms with Gasteiger partial charge in [-0.3, -0.25) is 14.5 Å². The molecule has 6 heteroatoms. The van der Waals surface area contributed by atoms with Crippen molar-refractivity contribution in [3.05, 3.63) is 63.7 Å². The van der Waals surface area contributed by atoms with Crippen LogP contribution in [0.25, 0.3) is 0 Å². The number of nitrogens with zero attached hydrogens (tertiary/aromatic N) is 1. The van der Waals surface area contributed by atoms with Crippen LogP contribution in [0, 0.1) is 11.8 Å². The number of ether oxygens (including phenoxy) is 2. The van der Waals surface area contributed by atoms with E-state index >= 15 is 0 Å². The Kier molecular flexibility index (Phi) is 6.53. The lowest BCUT2D eigenvalue weighted by molar-refractivity contribution is -0.146. The minimum atomic E-state index is -0.137. The first-order valence-corrected chi connectivity index (χ1v) is 10.7. The quantitative estimate of drug-likeness (QED) is 0.644. The topological polar surface area (TPSA) is 69.0 Å². The van der Waals surface area contributed by atoms with Crippen molar-refractivity contribution >= 4 is 5.97 Å². The molecule has 2 heterocycles. The summed E-state index contributed by atoms with van der Waals surface area (Å²) in [6.45, 7) is 2.83. The lowest BCUT2D eigenvalue weighted by Crippen LogP contribution is -2.24. The van der Waals surface area contributed by atoms with Crippen LogP contribution in [0.15, 0.2) is 45.8 Å². The third-order valence-electron chi connectivity index (χ3n) is 6.30. The highest BCUT2D eigenvalue weighted by Gasteiger charge is 2.26. The van der Waals surface area contributed by atoms with E-state index in [2.05, 4.69) is 29.2 Å². The summed E-state index contributed by atoms with van der Waals surface area (Å²) in [5.74, 6) is 1.39. The van der Waals surface area contributed by atoms with E-state index in [4.69, 9.17) is 13.9 Å². The molecule has 0 amide bonds. The first-order chi connectivity index (χ1) is 14.6. The predicted octanol–water partition coefficient (Wildman–Crippen LogP) is 3.90. The molecule has 0 N–H and O–H groups in total. The van der Waals surface area contributed by atoms with Crippen molar-refractivity contribution in [1.29, 1.82) is 0 Å². The molecular formula is C24H29NO5. The van der Waals surface area contributed by atoms with Gasteiger partial charge in [-0.15, -0.1) is 0 Å². The third-order valence-corrected chi connectivity index (χ3v) is 6.30. The van der Waals surface area contributed by atoms with Crippen molar-refractivity contribution in [3.8, 4) is 5.75 Å². The molecule has 2 aromatic rings. The van der Waals surface area contributed by atoms with Crippen LogP contribution in [0.5, 0.6) is 5.75 Å². The molecule has 0 spiro atoms. The Bertz CT molecular complexity index is 904. The van der Waals surface area contributed by atoms with Gasteiger partial charge in [-0.05, 0) is 49.1 Å². The van der Waals surface area contributed by atoms with E-state index < -0.39 is 0 Å². The molecule has 1 aromatic heterocycles. The summed E-state index contributed by atoms with van der Waals surface area (Å²) in [5.41, 5.74) is 2.53. The Morgan fingerprint density at radius 2 is 1.83 bits per heavy atom. The summed E-state index contributed by atoms with van der Waals surface area (Å²) in [6, 6.07) is 9.94. The number of rotatable bonds is 7. The zero-order valence-corrected chi connectivity index (χ0v) is 17.5. The number of carbonyl (C=O) groups is 1. The van der Waals surface area contributed by atoms with Gasteiger partial charge < -0.3 is 13.9 Å². The molecule has 0 unspecified atom stereocenters. The van der Waals surface area contributed by atoms with Crippen LogP contribution in [0.1, 0.15) is 49.0 Å². The van der Waals surface area contributed by atoms with Crippen LogP contribution >= 0.6 is 0 Å². The fourth-order valence-corrected chi connectivity index (χ4v) is 4.55. The van der Waals surface area contributed by atoms with Crippen molar-refractivity contribution in [2.75, 3.05) is 13.7 Å². The third kappa shape index (κ3) is 4.93. The van der Waals surface area contributed by atoms with Gasteiger partial charge in [0.25, 0.3) is 0 Å². The summed E-state index contributed by atoms with van der Waals surface area (Å²) < 4.78 is 16.2. The molecule has 1 aliphatic heterocycles. The summed E-state index contributed by atoms with van der Waals surface area (Å²) in [4.78, 5) is 26.3. The SMILES string of the molecule is COC(=O)[C@H]1CC[C@H](CCOc2coc(CN3Cc4ccccc4C3)cc2=O)CC1. The molecule has 0 radical (unpaired) electrons. The van der Waals surface area contributed by atoms with E-state index in [-0.39, 0.29) is 23.1 Å². The second kappa shape index (κ2) is 9.47. The molecule has 2 aliphatic rings. The Hall–Kier alpha value is -2.60. The Labute approximate surface area is 176 Å². The zero-order valence-electron chi connectivity index (χ0n) is 17.5. The normalized spacial score (nSPS) is 21.2. The number of fused-ring (bicyclic) bond motifs is 1. The minimum absolute atomic E-state index is 0.0372. The standard InChI is InChI=1S/C24H29NO5/c1-28-24(27)18-8-6-17(7-9-18)10-11-29-23-16-30-21(12-22(23)26)15-25-13-19-4-2-3-5-20(19)14-25/h2-5,12,16-18H,6-11,13-15H2,1H3/t17-,18-. The molecular weight excluding hydrogens is 382 g/mol. The number of carbonyl (C=O) groups excluding carboxylic acids is 1. The first-order valence-electron chi connectivity index (χ1n) is 10.7. The van der Waals surface area contributed by atoms with Gasteiger partial charge in [0.2, 0.25) is 11.2 Å². The maximum absolute atomic E-state index is 12.4. The van der Waals surface area contributed by atoms with E-state index in [9.17, 15) is 9.59 Å². The van der Waals surface area contributed by atoms with E-state index in [1.807, 2.05) is 0 Å². The van der Waals surface area contributed by atoms with Gasteiger partial charge in [-0.1, -0.05) is 24.3 Å². The Morgan fingerprint density at radius 1 is 1.13 bits per heavy atom. The van der Waals surface area contributed by atoms with Crippen LogP contribution in [-0.2, 0) is 29.2 Å². The van der Waals surface area contributed by atoms with Gasteiger partial charge in [0.05, 0.1) is 26.2 Å². The van der Waals surface area contributed by atoms with Gasteiger partial charge in [0.1, 0.15) is 12.0 Å². The van der Waals surface area contributed by atoms with E-state index in [1.165, 1.54) is 24.5 Å². The average molecular weight is 411 g/mol. The minimum Gasteiger partial charge on any atom is -0.487 e. The molecule has 30 heavy (non-hydrogen) atoms. The number of esters is 1. The molecule has 160 valence electrons. The molecule has 6 nitrogen and oxygen atoms in total. The fourth-order valence-electron chi connectivity index (χ4n) is 4.55. The summed E-state index contributed by atoms with van der Waals surface area (Å²) in [5, 5.41) is 0. The maximum Gasteiger partial charge on any atom is 0.308 e. The average Bonchev–Trinajstić information content (AvgIpc) is 3.17. The number of benzene rings is 1. The van der Waals surface area contributed by atoms with Gasteiger partial charge in [-0.25, -0.2) is 0 Å². The van der Waals surface area contributed by atoms with E-state index in [0.29, 0.717) is 24.8 Å². The Balaban J connectivity index is 1.23. The first kappa shape index (κ1) is 20.7. The van der Waals surface area contributed by atoms with Crippen LogP contribution < -0.4 is 10.2 Å². The monoisotopic (exact) mass is 411 g/mol. The maximum atomic E-state index is 12.4. The molecule has 0 saturated heterocycles. The predicted molar refractivity (Wildman–Crippen MR) is 112 cm³/mol. The second-order valence-corrected chi connectivity index (χ2v) is 8.37. The number of hydrogen-bond donors (Lipinski definition) is 0. The van der Waals surface area contributed by atoms with Crippen LogP contribution in [0.3, 0.4) is 0 Å². The number of methoxy groups -OCH3 is 1. The van der Waals surface area contributed by atoms with Crippen LogP contribution in [-0.4, -0.2) is 24.6 Å². The van der Waals surface area contributed by atoms with Gasteiger partial charge in [0, 0.05) is 19.2 Å². The van der Waals surface area contributed by atoms with Gasteiger partial charge >= 0.3 is 5.97 Å². The van der Waals surface area contributed by atoms with Crippen molar-refractivity contribution in [3.63, 3.8) is 0 Å². The molecule has 1 aromatic carbocycles. The second-order valence-electron chi connectivity index (χ2n) is 8.37. The number of hydrogen-bond acceptors (Lipinski definition) is 6. The van der Waals surface area contributed by atoms with E-state index in [1.54, 1.807) is 6.07 Å². The summed E-state index contributed by atoms with van der Waals surface area (Å²) in [6.07, 6.45) is 6.04. The highest BCUT2D eigenvalue weighted by atomic mass is 16.5. The van der Waals surface area contributed by atoms with Gasteiger partial charge in [0.15, 0.2) is 0 Å². The zero-order chi connectivity index (χ0) is 20.9. The van der Waals surface area contributed by atoms with E-state index in [0.717, 1.165) is 45.2 Å². The van der Waals surface area contributed by atoms with Crippen molar-refractivity contribution in [2.24, 2.45) is 11.8 Å². The van der Waals surface area contributed by atoms with Crippen molar-refractivity contribution in [1.82, 2.24) is 4.90 Å². The summed E-state index contributed by atoms with van der Waals surface area (Å²) >= 11 is 0. The van der Waals surface area contributed by atoms with Crippen molar-refractivity contribution in [2.45, 2.75) is 51.7 Å². The summed E-state index contributed by atoms with van der Waals surface area (Å²) in [7, 11) is 1.45. The largest absolute Gasteiger partial charge is 0.487 e. The molecule has 0 atom stereocenters. The van der Waals surface area contributed by atoms with Crippen LogP contribution in [0.2, 0.25) is 0 Å². The molecule has 4 rings (SSSR count). The lowest BCUT2D eigenvalue weighted by atomic mass is 9.81. The molecule has 1 aliphatic carbocycles. The Morgan fingerprint density at radius 3 is 2.47 bits per heavy atom. The molecule has 1 saturated carbocycles. The van der Waals surface area contributed by atoms with Crippen molar-refractivity contribution < 1.29 is 18.7 Å². The highest BCUT2D eigenvalue weighted by molar-refractivity contribution is 5.72. The molecule has 0 bridgehead atoms.